The topological polar surface area (TPSA) is 32.3 Å². The lowest BCUT2D eigenvalue weighted by molar-refractivity contribution is 0.456. The number of hydrogen-bond donors (Lipinski definition) is 2. The van der Waals surface area contributed by atoms with Crippen LogP contribution in [0.1, 0.15) is 35.4 Å². The number of rotatable bonds is 1. The van der Waals surface area contributed by atoms with Gasteiger partial charge in [-0.15, -0.1) is 0 Å². The predicted octanol–water partition coefficient (Wildman–Crippen LogP) is 1.96. The number of fused-ring (bicyclic) bond motifs is 1. The van der Waals surface area contributed by atoms with E-state index >= 15 is 0 Å². The van der Waals surface area contributed by atoms with Gasteiger partial charge in [-0.1, -0.05) is 12.1 Å². The number of nitrogens with one attached hydrogen (secondary N) is 1. The Morgan fingerprint density at radius 1 is 1.27 bits per heavy atom. The molecule has 1 saturated heterocycles. The van der Waals surface area contributed by atoms with Gasteiger partial charge in [0.1, 0.15) is 5.75 Å². The van der Waals surface area contributed by atoms with E-state index in [1.165, 1.54) is 23.1 Å². The minimum absolute atomic E-state index is 0.524. The Bertz CT molecular complexity index is 380. The maximum absolute atomic E-state index is 10.2. The van der Waals surface area contributed by atoms with Gasteiger partial charge in [-0.2, -0.15) is 0 Å². The van der Waals surface area contributed by atoms with Gasteiger partial charge in [-0.3, -0.25) is 0 Å². The summed E-state index contributed by atoms with van der Waals surface area (Å²) < 4.78 is 0. The maximum atomic E-state index is 10.2. The molecule has 0 amide bonds. The summed E-state index contributed by atoms with van der Waals surface area (Å²) in [5.41, 5.74) is 3.75. The number of benzene rings is 1. The highest BCUT2D eigenvalue weighted by Crippen LogP contribution is 2.37. The first-order valence-electron chi connectivity index (χ1n) is 5.90. The van der Waals surface area contributed by atoms with Crippen molar-refractivity contribution in [3.05, 3.63) is 28.8 Å². The molecule has 3 rings (SSSR count). The highest BCUT2D eigenvalue weighted by atomic mass is 16.3. The van der Waals surface area contributed by atoms with Crippen molar-refractivity contribution in [2.45, 2.75) is 31.6 Å². The van der Waals surface area contributed by atoms with Crippen molar-refractivity contribution in [3.63, 3.8) is 0 Å². The molecular formula is C13H17NO. The summed E-state index contributed by atoms with van der Waals surface area (Å²) in [6, 6.07) is 4.35. The van der Waals surface area contributed by atoms with E-state index in [1.54, 1.807) is 0 Å². The Morgan fingerprint density at radius 3 is 3.00 bits per heavy atom. The van der Waals surface area contributed by atoms with Crippen molar-refractivity contribution in [2.75, 3.05) is 13.1 Å². The van der Waals surface area contributed by atoms with Crippen molar-refractivity contribution >= 4 is 0 Å². The van der Waals surface area contributed by atoms with Crippen LogP contribution < -0.4 is 5.32 Å². The highest BCUT2D eigenvalue weighted by Gasteiger charge is 2.23. The summed E-state index contributed by atoms with van der Waals surface area (Å²) in [6.07, 6.45) is 4.57. The lowest BCUT2D eigenvalue weighted by atomic mass is 9.93. The molecule has 1 aromatic carbocycles. The molecule has 2 nitrogen and oxygen atoms in total. The van der Waals surface area contributed by atoms with Gasteiger partial charge in [0.2, 0.25) is 0 Å². The Kier molecular flexibility index (Phi) is 2.17. The Labute approximate surface area is 90.3 Å². The third kappa shape index (κ3) is 1.44. The molecule has 2 aliphatic rings. The average molecular weight is 203 g/mol. The van der Waals surface area contributed by atoms with Crippen LogP contribution in [0.3, 0.4) is 0 Å². The first-order valence-corrected chi connectivity index (χ1v) is 5.90. The number of phenolic OH excluding ortho intramolecular Hbond substituents is 1. The van der Waals surface area contributed by atoms with Crippen LogP contribution in [0.4, 0.5) is 0 Å². The minimum atomic E-state index is 0.524. The van der Waals surface area contributed by atoms with E-state index in [2.05, 4.69) is 17.4 Å². The molecule has 1 unspecified atom stereocenters. The van der Waals surface area contributed by atoms with E-state index in [9.17, 15) is 5.11 Å². The molecule has 0 bridgehead atoms. The number of hydrogen-bond acceptors (Lipinski definition) is 2. The van der Waals surface area contributed by atoms with Gasteiger partial charge < -0.3 is 10.4 Å². The molecule has 80 valence electrons. The van der Waals surface area contributed by atoms with Crippen molar-refractivity contribution in [1.29, 1.82) is 0 Å². The second kappa shape index (κ2) is 3.53. The second-order valence-electron chi connectivity index (χ2n) is 4.68. The van der Waals surface area contributed by atoms with Crippen LogP contribution in [0.25, 0.3) is 0 Å². The van der Waals surface area contributed by atoms with Gasteiger partial charge in [0.15, 0.2) is 0 Å². The molecule has 0 aromatic heterocycles. The molecule has 2 heteroatoms. The lowest BCUT2D eigenvalue weighted by Crippen LogP contribution is -2.08. The zero-order chi connectivity index (χ0) is 10.3. The summed E-state index contributed by atoms with van der Waals surface area (Å²) in [7, 11) is 0. The van der Waals surface area contributed by atoms with Crippen LogP contribution in [0.5, 0.6) is 5.75 Å². The third-order valence-electron chi connectivity index (χ3n) is 3.78. The molecule has 2 N–H and O–H groups in total. The molecule has 0 radical (unpaired) electrons. The molecular weight excluding hydrogens is 186 g/mol. The molecule has 1 aromatic rings. The van der Waals surface area contributed by atoms with Crippen LogP contribution in [0, 0.1) is 0 Å². The SMILES string of the molecule is Oc1c(C2CCNC2)ccc2c1CCC2. The number of phenols is 1. The normalized spacial score (nSPS) is 24.4. The van der Waals surface area contributed by atoms with Gasteiger partial charge in [-0.05, 0) is 48.9 Å². The fraction of sp³-hybridized carbons (Fsp3) is 0.538. The van der Waals surface area contributed by atoms with Crippen LogP contribution in [0.2, 0.25) is 0 Å². The van der Waals surface area contributed by atoms with Crippen molar-refractivity contribution in [1.82, 2.24) is 5.32 Å². The Hall–Kier alpha value is -1.02. The summed E-state index contributed by atoms with van der Waals surface area (Å²) in [5, 5.41) is 13.6. The van der Waals surface area contributed by atoms with Crippen molar-refractivity contribution < 1.29 is 5.11 Å². The van der Waals surface area contributed by atoms with E-state index in [0.29, 0.717) is 11.7 Å². The molecule has 1 aliphatic heterocycles. The lowest BCUT2D eigenvalue weighted by Gasteiger charge is -2.14. The van der Waals surface area contributed by atoms with E-state index in [-0.39, 0.29) is 0 Å². The Balaban J connectivity index is 2.01. The molecule has 1 atom stereocenters. The monoisotopic (exact) mass is 203 g/mol. The van der Waals surface area contributed by atoms with Gasteiger partial charge in [0, 0.05) is 12.5 Å². The molecule has 1 heterocycles. The quantitative estimate of drug-likeness (QED) is 0.731. The first kappa shape index (κ1) is 9.22. The van der Waals surface area contributed by atoms with Gasteiger partial charge in [0.05, 0.1) is 0 Å². The van der Waals surface area contributed by atoms with Crippen LogP contribution in [-0.2, 0) is 12.8 Å². The van der Waals surface area contributed by atoms with Gasteiger partial charge in [0.25, 0.3) is 0 Å². The molecule has 1 aliphatic carbocycles. The molecule has 0 spiro atoms. The largest absolute Gasteiger partial charge is 0.507 e. The zero-order valence-electron chi connectivity index (χ0n) is 8.92. The molecule has 1 fully saturated rings. The fourth-order valence-electron chi connectivity index (χ4n) is 2.91. The summed E-state index contributed by atoms with van der Waals surface area (Å²) >= 11 is 0. The van der Waals surface area contributed by atoms with Gasteiger partial charge >= 0.3 is 0 Å². The van der Waals surface area contributed by atoms with Crippen LogP contribution >= 0.6 is 0 Å². The molecule has 15 heavy (non-hydrogen) atoms. The molecule has 0 saturated carbocycles. The second-order valence-corrected chi connectivity index (χ2v) is 4.68. The number of aromatic hydroxyl groups is 1. The van der Waals surface area contributed by atoms with Crippen LogP contribution in [-0.4, -0.2) is 18.2 Å². The van der Waals surface area contributed by atoms with Gasteiger partial charge in [-0.25, -0.2) is 0 Å². The minimum Gasteiger partial charge on any atom is -0.507 e. The first-order chi connectivity index (χ1) is 7.36. The predicted molar refractivity (Wildman–Crippen MR) is 60.4 cm³/mol. The smallest absolute Gasteiger partial charge is 0.122 e. The third-order valence-corrected chi connectivity index (χ3v) is 3.78. The standard InChI is InChI=1S/C13H17NO/c15-13-11-3-1-2-9(11)4-5-12(13)10-6-7-14-8-10/h4-5,10,14-15H,1-3,6-8H2. The highest BCUT2D eigenvalue weighted by molar-refractivity contribution is 5.49. The maximum Gasteiger partial charge on any atom is 0.122 e. The summed E-state index contributed by atoms with van der Waals surface area (Å²) in [4.78, 5) is 0. The summed E-state index contributed by atoms with van der Waals surface area (Å²) in [5.74, 6) is 1.12. The summed E-state index contributed by atoms with van der Waals surface area (Å²) in [6.45, 7) is 2.10. The fourth-order valence-corrected chi connectivity index (χ4v) is 2.91. The van der Waals surface area contributed by atoms with Crippen molar-refractivity contribution in [3.8, 4) is 5.75 Å². The van der Waals surface area contributed by atoms with E-state index in [4.69, 9.17) is 0 Å². The Morgan fingerprint density at radius 2 is 2.20 bits per heavy atom. The van der Waals surface area contributed by atoms with E-state index < -0.39 is 0 Å². The van der Waals surface area contributed by atoms with E-state index in [0.717, 1.165) is 32.4 Å². The van der Waals surface area contributed by atoms with E-state index in [1.807, 2.05) is 0 Å². The number of aryl methyl sites for hydroxylation is 1. The van der Waals surface area contributed by atoms with Crippen LogP contribution in [0.15, 0.2) is 12.1 Å². The average Bonchev–Trinajstić information content (AvgIpc) is 2.87. The van der Waals surface area contributed by atoms with Crippen molar-refractivity contribution in [2.24, 2.45) is 0 Å². The zero-order valence-corrected chi connectivity index (χ0v) is 8.92.